The number of hydrogen-bond donors (Lipinski definition) is 2. The van der Waals surface area contributed by atoms with Crippen LogP contribution in [-0.2, 0) is 24.4 Å². The average Bonchev–Trinajstić information content (AvgIpc) is 3.46. The molecule has 2 aromatic heterocycles. The molecule has 1 aliphatic heterocycles. The van der Waals surface area contributed by atoms with Gasteiger partial charge in [0.2, 0.25) is 0 Å². The quantitative estimate of drug-likeness (QED) is 0.660. The van der Waals surface area contributed by atoms with Gasteiger partial charge < -0.3 is 15.4 Å². The molecule has 0 aliphatic carbocycles. The Hall–Kier alpha value is -3.13. The van der Waals surface area contributed by atoms with Crippen LogP contribution in [0.1, 0.15) is 24.0 Å². The summed E-state index contributed by atoms with van der Waals surface area (Å²) < 4.78 is 9.29. The second-order valence-corrected chi connectivity index (χ2v) is 6.91. The largest absolute Gasteiger partial charge is 0.376 e. The van der Waals surface area contributed by atoms with E-state index < -0.39 is 0 Å². The number of carbonyl (C=O) groups is 1. The van der Waals surface area contributed by atoms with Gasteiger partial charge in [0.1, 0.15) is 0 Å². The van der Waals surface area contributed by atoms with E-state index in [0.717, 1.165) is 37.1 Å². The summed E-state index contributed by atoms with van der Waals surface area (Å²) in [6, 6.07) is 9.77. The molecule has 0 radical (unpaired) electrons. The highest BCUT2D eigenvalue weighted by Crippen LogP contribution is 2.15. The summed E-state index contributed by atoms with van der Waals surface area (Å²) in [7, 11) is 0. The van der Waals surface area contributed by atoms with Crippen LogP contribution in [-0.4, -0.2) is 38.3 Å². The molecule has 8 heteroatoms. The molecule has 28 heavy (non-hydrogen) atoms. The van der Waals surface area contributed by atoms with Crippen LogP contribution in [0.5, 0.6) is 0 Å². The van der Waals surface area contributed by atoms with E-state index in [-0.39, 0.29) is 12.1 Å². The Bertz CT molecular complexity index is 882. The van der Waals surface area contributed by atoms with Crippen LogP contribution in [0.25, 0.3) is 0 Å². The van der Waals surface area contributed by atoms with Crippen molar-refractivity contribution >= 4 is 11.7 Å². The number of carbonyl (C=O) groups excluding carboxylic acids is 1. The lowest BCUT2D eigenvalue weighted by Gasteiger charge is -2.09. The minimum atomic E-state index is -0.253. The Labute approximate surface area is 163 Å². The fourth-order valence-corrected chi connectivity index (χ4v) is 3.23. The molecule has 3 aromatic rings. The van der Waals surface area contributed by atoms with Crippen molar-refractivity contribution in [2.24, 2.45) is 0 Å². The number of rotatable bonds is 7. The smallest absolute Gasteiger partial charge is 0.319 e. The third-order valence-corrected chi connectivity index (χ3v) is 4.69. The summed E-state index contributed by atoms with van der Waals surface area (Å²) in [5.74, 6) is 0. The highest BCUT2D eigenvalue weighted by Gasteiger charge is 2.16. The molecule has 1 fully saturated rings. The van der Waals surface area contributed by atoms with Crippen LogP contribution in [0.2, 0.25) is 0 Å². The summed E-state index contributed by atoms with van der Waals surface area (Å²) in [4.78, 5) is 12.1. The van der Waals surface area contributed by atoms with Crippen molar-refractivity contribution in [3.05, 3.63) is 66.2 Å². The topological polar surface area (TPSA) is 86.0 Å². The number of urea groups is 1. The first-order chi connectivity index (χ1) is 13.7. The van der Waals surface area contributed by atoms with Crippen LogP contribution >= 0.6 is 0 Å². The highest BCUT2D eigenvalue weighted by molar-refractivity contribution is 5.88. The second kappa shape index (κ2) is 8.71. The maximum absolute atomic E-state index is 12.1. The van der Waals surface area contributed by atoms with E-state index in [9.17, 15) is 4.79 Å². The number of amides is 2. The molecule has 1 aliphatic rings. The first-order valence-electron chi connectivity index (χ1n) is 9.49. The molecule has 3 heterocycles. The van der Waals surface area contributed by atoms with Gasteiger partial charge in [-0.05, 0) is 30.0 Å². The van der Waals surface area contributed by atoms with Crippen molar-refractivity contribution in [1.82, 2.24) is 24.9 Å². The summed E-state index contributed by atoms with van der Waals surface area (Å²) in [5, 5.41) is 14.2. The van der Waals surface area contributed by atoms with E-state index in [1.807, 2.05) is 52.1 Å². The van der Waals surface area contributed by atoms with Gasteiger partial charge in [-0.3, -0.25) is 9.36 Å². The molecule has 1 saturated heterocycles. The van der Waals surface area contributed by atoms with Crippen molar-refractivity contribution in [1.29, 1.82) is 0 Å². The van der Waals surface area contributed by atoms with Gasteiger partial charge in [0.05, 0.1) is 31.1 Å². The SMILES string of the molecule is O=C(NCc1ccc(Cn2cccn2)cc1)Nc1cnn(CC2CCCO2)c1. The predicted octanol–water partition coefficient (Wildman–Crippen LogP) is 2.63. The molecule has 1 unspecified atom stereocenters. The number of ether oxygens (including phenoxy) is 1. The molecule has 1 atom stereocenters. The highest BCUT2D eigenvalue weighted by atomic mass is 16.5. The molecule has 0 bridgehead atoms. The third-order valence-electron chi connectivity index (χ3n) is 4.69. The normalized spacial score (nSPS) is 16.2. The Kier molecular flexibility index (Phi) is 5.67. The first-order valence-corrected chi connectivity index (χ1v) is 9.49. The maximum atomic E-state index is 12.1. The zero-order chi connectivity index (χ0) is 19.2. The van der Waals surface area contributed by atoms with Gasteiger partial charge in [-0.1, -0.05) is 24.3 Å². The van der Waals surface area contributed by atoms with Gasteiger partial charge in [-0.2, -0.15) is 10.2 Å². The molecule has 8 nitrogen and oxygen atoms in total. The zero-order valence-corrected chi connectivity index (χ0v) is 15.6. The van der Waals surface area contributed by atoms with E-state index in [0.29, 0.717) is 18.8 Å². The number of anilines is 1. The van der Waals surface area contributed by atoms with Crippen LogP contribution in [0.15, 0.2) is 55.1 Å². The average molecular weight is 380 g/mol. The molecule has 146 valence electrons. The molecular formula is C20H24N6O2. The molecule has 0 saturated carbocycles. The van der Waals surface area contributed by atoms with Gasteiger partial charge in [0, 0.05) is 31.7 Å². The summed E-state index contributed by atoms with van der Waals surface area (Å²) in [6.45, 7) is 2.73. The maximum Gasteiger partial charge on any atom is 0.319 e. The van der Waals surface area contributed by atoms with Gasteiger partial charge in [0.15, 0.2) is 0 Å². The zero-order valence-electron chi connectivity index (χ0n) is 15.6. The van der Waals surface area contributed by atoms with E-state index >= 15 is 0 Å². The number of nitrogens with one attached hydrogen (secondary N) is 2. The fraction of sp³-hybridized carbons (Fsp3) is 0.350. The van der Waals surface area contributed by atoms with Crippen molar-refractivity contribution in [2.45, 2.75) is 38.6 Å². The molecular weight excluding hydrogens is 356 g/mol. The third kappa shape index (κ3) is 4.98. The Morgan fingerprint density at radius 3 is 2.79 bits per heavy atom. The van der Waals surface area contributed by atoms with Crippen LogP contribution in [0.3, 0.4) is 0 Å². The number of nitrogens with zero attached hydrogens (tertiary/aromatic N) is 4. The Morgan fingerprint density at radius 1 is 1.18 bits per heavy atom. The van der Waals surface area contributed by atoms with Crippen LogP contribution in [0.4, 0.5) is 10.5 Å². The summed E-state index contributed by atoms with van der Waals surface area (Å²) in [6.07, 6.45) is 9.56. The Balaban J connectivity index is 1.22. The van der Waals surface area contributed by atoms with Gasteiger partial charge in [-0.15, -0.1) is 0 Å². The molecule has 2 N–H and O–H groups in total. The molecule has 0 spiro atoms. The van der Waals surface area contributed by atoms with Crippen LogP contribution in [0, 0.1) is 0 Å². The summed E-state index contributed by atoms with van der Waals surface area (Å²) in [5.41, 5.74) is 2.87. The van der Waals surface area contributed by atoms with E-state index in [1.54, 1.807) is 12.4 Å². The van der Waals surface area contributed by atoms with Crippen LogP contribution < -0.4 is 10.6 Å². The number of aromatic nitrogens is 4. The first kappa shape index (κ1) is 18.2. The monoisotopic (exact) mass is 380 g/mol. The molecule has 1 aromatic carbocycles. The van der Waals surface area contributed by atoms with Crippen molar-refractivity contribution < 1.29 is 9.53 Å². The van der Waals surface area contributed by atoms with Gasteiger partial charge in [-0.25, -0.2) is 4.79 Å². The lowest BCUT2D eigenvalue weighted by molar-refractivity contribution is 0.0940. The summed E-state index contributed by atoms with van der Waals surface area (Å²) >= 11 is 0. The standard InChI is InChI=1S/C20H24N6O2/c27-20(24-18-12-23-26(14-18)15-19-3-1-10-28-19)21-11-16-4-6-17(7-5-16)13-25-9-2-8-22-25/h2,4-9,12,14,19H,1,3,10-11,13,15H2,(H2,21,24,27). The molecule has 2 amide bonds. The second-order valence-electron chi connectivity index (χ2n) is 6.91. The van der Waals surface area contributed by atoms with Crippen molar-refractivity contribution in [2.75, 3.05) is 11.9 Å². The van der Waals surface area contributed by atoms with Gasteiger partial charge in [0.25, 0.3) is 0 Å². The number of benzene rings is 1. The minimum Gasteiger partial charge on any atom is -0.376 e. The van der Waals surface area contributed by atoms with E-state index in [4.69, 9.17) is 4.74 Å². The number of hydrogen-bond acceptors (Lipinski definition) is 4. The fourth-order valence-electron chi connectivity index (χ4n) is 3.23. The lowest BCUT2D eigenvalue weighted by Crippen LogP contribution is -2.28. The molecule has 4 rings (SSSR count). The Morgan fingerprint density at radius 2 is 2.04 bits per heavy atom. The van der Waals surface area contributed by atoms with E-state index in [1.165, 1.54) is 0 Å². The predicted molar refractivity (Wildman–Crippen MR) is 105 cm³/mol. The lowest BCUT2D eigenvalue weighted by atomic mass is 10.1. The van der Waals surface area contributed by atoms with Crippen molar-refractivity contribution in [3.63, 3.8) is 0 Å². The van der Waals surface area contributed by atoms with Crippen molar-refractivity contribution in [3.8, 4) is 0 Å². The minimum absolute atomic E-state index is 0.220. The van der Waals surface area contributed by atoms with Gasteiger partial charge >= 0.3 is 6.03 Å². The van der Waals surface area contributed by atoms with E-state index in [2.05, 4.69) is 20.8 Å².